The summed E-state index contributed by atoms with van der Waals surface area (Å²) in [4.78, 5) is 36.9. The van der Waals surface area contributed by atoms with Gasteiger partial charge in [-0.1, -0.05) is 18.6 Å². The molecule has 0 unspecified atom stereocenters. The first-order chi connectivity index (χ1) is 16.1. The lowest BCUT2D eigenvalue weighted by Gasteiger charge is -2.36. The molecule has 0 saturated carbocycles. The number of benzene rings is 1. The molecule has 13 heteroatoms. The van der Waals surface area contributed by atoms with Crippen molar-refractivity contribution in [3.8, 4) is 0 Å². The maximum absolute atomic E-state index is 13.4. The molecule has 4 rings (SSSR count). The van der Waals surface area contributed by atoms with Gasteiger partial charge in [-0.2, -0.15) is 0 Å². The monoisotopic (exact) mass is 491 g/mol. The van der Waals surface area contributed by atoms with Crippen LogP contribution in [-0.4, -0.2) is 61.3 Å². The number of sulfone groups is 1. The molecule has 1 aromatic carbocycles. The number of nitro benzene ring substituents is 1. The number of carbonyl (C=O) groups excluding carboxylic acids is 2. The molecule has 0 radical (unpaired) electrons. The van der Waals surface area contributed by atoms with Crippen molar-refractivity contribution in [3.63, 3.8) is 0 Å². The number of carbonyl (C=O) groups is 2. The number of hydrogen-bond donors (Lipinski definition) is 0. The molecule has 2 saturated heterocycles. The van der Waals surface area contributed by atoms with E-state index in [0.717, 1.165) is 23.4 Å². The Bertz CT molecular complexity index is 1230. The number of nitrogens with zero attached hydrogens (tertiary/aromatic N) is 5. The summed E-state index contributed by atoms with van der Waals surface area (Å²) in [5.74, 6) is -1.28. The van der Waals surface area contributed by atoms with Gasteiger partial charge in [-0.25, -0.2) is 17.9 Å². The Balaban J connectivity index is 1.59. The van der Waals surface area contributed by atoms with Crippen LogP contribution in [0, 0.1) is 10.1 Å². The highest BCUT2D eigenvalue weighted by molar-refractivity contribution is 7.93. The van der Waals surface area contributed by atoms with Crippen molar-refractivity contribution in [3.05, 3.63) is 51.8 Å². The van der Waals surface area contributed by atoms with Crippen LogP contribution in [0.5, 0.6) is 0 Å². The molecule has 12 nitrogen and oxygen atoms in total. The largest absolute Gasteiger partial charge is 0.459 e. The van der Waals surface area contributed by atoms with Gasteiger partial charge in [0.1, 0.15) is 16.7 Å². The quantitative estimate of drug-likeness (QED) is 0.219. The molecular weight excluding hydrogens is 466 g/mol. The van der Waals surface area contributed by atoms with Crippen LogP contribution in [0.1, 0.15) is 44.4 Å². The average Bonchev–Trinajstić information content (AvgIpc) is 3.28. The maximum atomic E-state index is 13.4. The molecule has 1 amide bonds. The number of non-ortho nitro benzene ring substituents is 1. The number of β-lactam (4-membered cyclic amide) rings is 1. The molecule has 0 aliphatic carbocycles. The lowest BCUT2D eigenvalue weighted by atomic mass is 9.96. The number of aromatic nitrogens is 3. The number of esters is 1. The van der Waals surface area contributed by atoms with E-state index in [1.165, 1.54) is 35.9 Å². The predicted octanol–water partition coefficient (Wildman–Crippen LogP) is 1.39. The molecule has 34 heavy (non-hydrogen) atoms. The summed E-state index contributed by atoms with van der Waals surface area (Å²) in [6, 6.07) is 4.12. The summed E-state index contributed by atoms with van der Waals surface area (Å²) in [5.41, 5.74) is 1.13. The summed E-state index contributed by atoms with van der Waals surface area (Å²) in [6.45, 7) is 3.11. The van der Waals surface area contributed by atoms with Gasteiger partial charge in [0.05, 0.1) is 29.8 Å². The van der Waals surface area contributed by atoms with Crippen LogP contribution in [0.25, 0.3) is 0 Å². The van der Waals surface area contributed by atoms with E-state index in [1.807, 2.05) is 6.92 Å². The van der Waals surface area contributed by atoms with Crippen LogP contribution in [0.15, 0.2) is 30.5 Å². The third-order valence-corrected chi connectivity index (χ3v) is 9.27. The molecule has 3 heterocycles. The molecule has 0 N–H and O–H groups in total. The zero-order valence-corrected chi connectivity index (χ0v) is 19.6. The van der Waals surface area contributed by atoms with Crippen molar-refractivity contribution < 1.29 is 27.7 Å². The number of unbranched alkanes of at least 4 members (excludes halogenated alkanes) is 1. The van der Waals surface area contributed by atoms with Crippen LogP contribution >= 0.6 is 0 Å². The minimum atomic E-state index is -3.93. The molecule has 2 aliphatic heterocycles. The highest BCUT2D eigenvalue weighted by atomic mass is 32.2. The molecule has 3 atom stereocenters. The fraction of sp³-hybridized carbons (Fsp3) is 0.524. The van der Waals surface area contributed by atoms with E-state index >= 15 is 0 Å². The van der Waals surface area contributed by atoms with Crippen LogP contribution < -0.4 is 0 Å². The van der Waals surface area contributed by atoms with E-state index in [-0.39, 0.29) is 25.3 Å². The molecule has 0 spiro atoms. The molecular formula is C21H25N5O7S. The number of nitro groups is 1. The van der Waals surface area contributed by atoms with Gasteiger partial charge in [0.25, 0.3) is 5.69 Å². The van der Waals surface area contributed by atoms with Gasteiger partial charge in [-0.3, -0.25) is 14.9 Å². The first-order valence-electron chi connectivity index (χ1n) is 10.9. The normalized spacial score (nSPS) is 25.0. The minimum absolute atomic E-state index is 0.106. The standard InChI is InChI=1S/C21H25N5O7S/c1-3-4-5-16-11-22-23-24(16)13-21(2)19(25-17(27)10-18(25)34(21,31)32)20(28)33-12-14-6-8-15(9-7-14)26(29)30/h6-9,11,18-19H,3-5,10,12-13H2,1-2H3/t18-,19-,21-/m0/s1. The van der Waals surface area contributed by atoms with Crippen LogP contribution in [0.4, 0.5) is 5.69 Å². The molecule has 2 aliphatic rings. The average molecular weight is 492 g/mol. The van der Waals surface area contributed by atoms with Crippen molar-refractivity contribution in [1.29, 1.82) is 0 Å². The predicted molar refractivity (Wildman–Crippen MR) is 118 cm³/mol. The number of aryl methyl sites for hydroxylation is 1. The molecule has 2 aromatic rings. The Morgan fingerprint density at radius 1 is 1.32 bits per heavy atom. The summed E-state index contributed by atoms with van der Waals surface area (Å²) >= 11 is 0. The van der Waals surface area contributed by atoms with E-state index in [9.17, 15) is 28.1 Å². The van der Waals surface area contributed by atoms with Gasteiger partial charge in [0.15, 0.2) is 15.9 Å². The lowest BCUT2D eigenvalue weighted by Crippen LogP contribution is -2.58. The van der Waals surface area contributed by atoms with Crippen LogP contribution in [-0.2, 0) is 43.7 Å². The van der Waals surface area contributed by atoms with Crippen molar-refractivity contribution in [2.75, 3.05) is 0 Å². The second kappa shape index (κ2) is 8.78. The van der Waals surface area contributed by atoms with E-state index in [1.54, 1.807) is 6.20 Å². The number of ether oxygens (including phenoxy) is 1. The Kier molecular flexibility index (Phi) is 6.14. The third-order valence-electron chi connectivity index (χ3n) is 6.51. The highest BCUT2D eigenvalue weighted by Crippen LogP contribution is 2.47. The van der Waals surface area contributed by atoms with E-state index in [2.05, 4.69) is 10.3 Å². The van der Waals surface area contributed by atoms with Crippen molar-refractivity contribution in [1.82, 2.24) is 19.9 Å². The topological polar surface area (TPSA) is 155 Å². The third kappa shape index (κ3) is 3.83. The van der Waals surface area contributed by atoms with E-state index in [4.69, 9.17) is 4.74 Å². The highest BCUT2D eigenvalue weighted by Gasteiger charge is 2.70. The number of rotatable bonds is 9. The van der Waals surface area contributed by atoms with Crippen molar-refractivity contribution in [2.45, 2.75) is 68.8 Å². The summed E-state index contributed by atoms with van der Waals surface area (Å²) in [7, 11) is -3.93. The van der Waals surface area contributed by atoms with E-state index < -0.39 is 42.8 Å². The van der Waals surface area contributed by atoms with Crippen LogP contribution in [0.2, 0.25) is 0 Å². The fourth-order valence-corrected chi connectivity index (χ4v) is 6.82. The van der Waals surface area contributed by atoms with Gasteiger partial charge in [0.2, 0.25) is 5.91 Å². The minimum Gasteiger partial charge on any atom is -0.459 e. The SMILES string of the molecule is CCCCc1cnnn1C[C@@]1(C)[C@H](C(=O)OCc2ccc([N+](=O)[O-])cc2)N2C(=O)C[C@@H]2S1(=O)=O. The molecule has 1 aromatic heterocycles. The summed E-state index contributed by atoms with van der Waals surface area (Å²) < 4.78 is 32.1. The number of amides is 1. The second-order valence-electron chi connectivity index (χ2n) is 8.74. The van der Waals surface area contributed by atoms with Crippen LogP contribution in [0.3, 0.4) is 0 Å². The van der Waals surface area contributed by atoms with Gasteiger partial charge >= 0.3 is 5.97 Å². The van der Waals surface area contributed by atoms with Gasteiger partial charge in [-0.15, -0.1) is 5.10 Å². The van der Waals surface area contributed by atoms with E-state index in [0.29, 0.717) is 12.0 Å². The maximum Gasteiger partial charge on any atom is 0.330 e. The molecule has 182 valence electrons. The second-order valence-corrected chi connectivity index (χ2v) is 11.3. The first kappa shape index (κ1) is 23.8. The van der Waals surface area contributed by atoms with Crippen molar-refractivity contribution >= 4 is 27.4 Å². The fourth-order valence-electron chi connectivity index (χ4n) is 4.48. The summed E-state index contributed by atoms with van der Waals surface area (Å²) in [5, 5.41) is 17.7. The Morgan fingerprint density at radius 3 is 2.65 bits per heavy atom. The Hall–Kier alpha value is -3.35. The molecule has 2 fully saturated rings. The lowest BCUT2D eigenvalue weighted by molar-refractivity contribution is -0.384. The summed E-state index contributed by atoms with van der Waals surface area (Å²) in [6.07, 6.45) is 3.85. The van der Waals surface area contributed by atoms with Gasteiger partial charge in [0, 0.05) is 12.1 Å². The number of hydrogen-bond acceptors (Lipinski definition) is 9. The molecule has 0 bridgehead atoms. The Labute approximate surface area is 195 Å². The van der Waals surface area contributed by atoms with Crippen molar-refractivity contribution in [2.24, 2.45) is 0 Å². The zero-order chi connectivity index (χ0) is 24.7. The Morgan fingerprint density at radius 2 is 2.03 bits per heavy atom. The van der Waals surface area contributed by atoms with Gasteiger partial charge < -0.3 is 9.64 Å². The smallest absolute Gasteiger partial charge is 0.330 e. The zero-order valence-electron chi connectivity index (χ0n) is 18.8. The first-order valence-corrected chi connectivity index (χ1v) is 12.5. The van der Waals surface area contributed by atoms with Gasteiger partial charge in [-0.05, 0) is 37.5 Å². The number of fused-ring (bicyclic) bond motifs is 1.